The fourth-order valence-electron chi connectivity index (χ4n) is 3.83. The number of alkyl halides is 3. The molecule has 0 saturated heterocycles. The van der Waals surface area contributed by atoms with Gasteiger partial charge in [-0.05, 0) is 37.6 Å². The lowest BCUT2D eigenvalue weighted by molar-refractivity contribution is -0.142. The van der Waals surface area contributed by atoms with Crippen molar-refractivity contribution < 1.29 is 22.0 Å². The number of hydrogen-bond acceptors (Lipinski definition) is 5. The quantitative estimate of drug-likeness (QED) is 0.284. The van der Waals surface area contributed by atoms with Crippen LogP contribution in [0.15, 0.2) is 48.8 Å². The molecule has 5 aromatic rings. The van der Waals surface area contributed by atoms with Gasteiger partial charge in [-0.15, -0.1) is 0 Å². The number of aryl methyl sites for hydroxylation is 3. The predicted molar refractivity (Wildman–Crippen MR) is 123 cm³/mol. The lowest BCUT2D eigenvalue weighted by Crippen LogP contribution is -2.13. The van der Waals surface area contributed by atoms with Gasteiger partial charge in [0.2, 0.25) is 0 Å². The fourth-order valence-corrected chi connectivity index (χ4v) is 3.83. The topological polar surface area (TPSA) is 69.4 Å². The second-order valence-corrected chi connectivity index (χ2v) is 8.23. The molecule has 0 bridgehead atoms. The average Bonchev–Trinajstić information content (AvgIpc) is 3.25. The highest BCUT2D eigenvalue weighted by Crippen LogP contribution is 2.39. The zero-order valence-electron chi connectivity index (χ0n) is 19.2. The van der Waals surface area contributed by atoms with Crippen molar-refractivity contribution in [3.8, 4) is 33.8 Å². The van der Waals surface area contributed by atoms with E-state index in [1.54, 1.807) is 50.0 Å². The number of rotatable bonds is 3. The van der Waals surface area contributed by atoms with Crippen LogP contribution in [0.1, 0.15) is 17.0 Å². The van der Waals surface area contributed by atoms with Crippen molar-refractivity contribution in [1.29, 1.82) is 0 Å². The molecule has 0 spiro atoms. The van der Waals surface area contributed by atoms with E-state index >= 15 is 4.39 Å². The maximum Gasteiger partial charge on any atom is 0.422 e. The Hall–Kier alpha value is -4.28. The molecule has 5 rings (SSSR count). The zero-order chi connectivity index (χ0) is 25.8. The van der Waals surface area contributed by atoms with Gasteiger partial charge in [0.15, 0.2) is 11.5 Å². The summed E-state index contributed by atoms with van der Waals surface area (Å²) in [6, 6.07) is 8.57. The zero-order valence-corrected chi connectivity index (χ0v) is 19.2. The molecule has 3 aromatic heterocycles. The summed E-state index contributed by atoms with van der Waals surface area (Å²) in [5.74, 6) is -3.40. The van der Waals surface area contributed by atoms with E-state index < -0.39 is 28.9 Å². The van der Waals surface area contributed by atoms with Gasteiger partial charge < -0.3 is 0 Å². The first-order chi connectivity index (χ1) is 17.0. The van der Waals surface area contributed by atoms with Crippen LogP contribution in [0.2, 0.25) is 0 Å². The second kappa shape index (κ2) is 8.43. The highest BCUT2D eigenvalue weighted by Gasteiger charge is 2.39. The van der Waals surface area contributed by atoms with Crippen molar-refractivity contribution in [2.45, 2.75) is 20.0 Å². The number of benzene rings is 2. The molecule has 11 heteroatoms. The van der Waals surface area contributed by atoms with E-state index in [9.17, 15) is 17.6 Å². The van der Waals surface area contributed by atoms with Crippen LogP contribution in [0.5, 0.6) is 0 Å². The lowest BCUT2D eigenvalue weighted by Gasteiger charge is -2.14. The molecule has 0 aliphatic heterocycles. The van der Waals surface area contributed by atoms with Gasteiger partial charge in [0, 0.05) is 29.9 Å². The lowest BCUT2D eigenvalue weighted by atomic mass is 10.0. The largest absolute Gasteiger partial charge is 0.422 e. The van der Waals surface area contributed by atoms with Crippen molar-refractivity contribution in [1.82, 2.24) is 29.7 Å². The van der Waals surface area contributed by atoms with Crippen LogP contribution in [0.3, 0.4) is 0 Å². The summed E-state index contributed by atoms with van der Waals surface area (Å²) in [7, 11) is 1.78. The van der Waals surface area contributed by atoms with Crippen LogP contribution >= 0.6 is 0 Å². The Morgan fingerprint density at radius 3 is 2.25 bits per heavy atom. The van der Waals surface area contributed by atoms with Gasteiger partial charge in [0.1, 0.15) is 28.4 Å². The fraction of sp³-hybridized carbons (Fsp3) is 0.160. The van der Waals surface area contributed by atoms with Crippen LogP contribution in [0.25, 0.3) is 44.9 Å². The summed E-state index contributed by atoms with van der Waals surface area (Å²) in [4.78, 5) is 17.6. The Balaban J connectivity index is 1.78. The molecule has 3 heterocycles. The number of fused-ring (bicyclic) bond motifs is 1. The molecule has 0 N–H and O–H groups in total. The predicted octanol–water partition coefficient (Wildman–Crippen LogP) is 6.07. The molecule has 0 saturated carbocycles. The molecule has 0 unspecified atom stereocenters. The van der Waals surface area contributed by atoms with Crippen LogP contribution in [0, 0.1) is 25.5 Å². The first-order valence-corrected chi connectivity index (χ1v) is 10.7. The van der Waals surface area contributed by atoms with Crippen molar-refractivity contribution in [3.05, 3.63) is 77.4 Å². The minimum Gasteiger partial charge on any atom is -0.275 e. The standard InChI is InChI=1S/C25H17F5N6/c1-12-13(2)33-24-22(32-12)21(17-7-8-18(26)19(20(17)27)25(28,29)30)34-23(35-24)15-6-4-5-14(9-15)16-10-31-36(3)11-16/h4-11H,1-3H3. The minimum absolute atomic E-state index is 0.00361. The van der Waals surface area contributed by atoms with Crippen LogP contribution in [-0.4, -0.2) is 29.7 Å². The molecule has 0 aliphatic carbocycles. The summed E-state index contributed by atoms with van der Waals surface area (Å²) in [5.41, 5.74) is 0.442. The molecular formula is C25H17F5N6. The van der Waals surface area contributed by atoms with Crippen molar-refractivity contribution in [2.24, 2.45) is 7.05 Å². The van der Waals surface area contributed by atoms with E-state index in [1.165, 1.54) is 0 Å². The summed E-state index contributed by atoms with van der Waals surface area (Å²) in [6.45, 7) is 3.35. The maximum absolute atomic E-state index is 15.2. The third kappa shape index (κ3) is 4.06. The molecule has 0 aliphatic rings. The minimum atomic E-state index is -5.24. The van der Waals surface area contributed by atoms with Gasteiger partial charge in [-0.25, -0.2) is 28.7 Å². The third-order valence-corrected chi connectivity index (χ3v) is 5.73. The highest BCUT2D eigenvalue weighted by molar-refractivity contribution is 5.89. The summed E-state index contributed by atoms with van der Waals surface area (Å²) >= 11 is 0. The molecule has 0 radical (unpaired) electrons. The van der Waals surface area contributed by atoms with Crippen molar-refractivity contribution in [2.75, 3.05) is 0 Å². The van der Waals surface area contributed by atoms with Crippen LogP contribution in [0.4, 0.5) is 22.0 Å². The molecule has 6 nitrogen and oxygen atoms in total. The molecular weight excluding hydrogens is 479 g/mol. The van der Waals surface area contributed by atoms with Gasteiger partial charge >= 0.3 is 6.18 Å². The SMILES string of the molecule is Cc1nc2nc(-c3cccc(-c4cnn(C)c4)c3)nc(-c3ccc(F)c(C(F)(F)F)c3F)c2nc1C. The Kier molecular flexibility index (Phi) is 5.50. The van der Waals surface area contributed by atoms with E-state index in [2.05, 4.69) is 25.0 Å². The van der Waals surface area contributed by atoms with Gasteiger partial charge in [0.25, 0.3) is 0 Å². The van der Waals surface area contributed by atoms with E-state index in [0.717, 1.165) is 17.2 Å². The molecule has 0 amide bonds. The number of hydrogen-bond donors (Lipinski definition) is 0. The monoisotopic (exact) mass is 496 g/mol. The third-order valence-electron chi connectivity index (χ3n) is 5.73. The van der Waals surface area contributed by atoms with E-state index in [1.807, 2.05) is 12.3 Å². The van der Waals surface area contributed by atoms with Crippen LogP contribution < -0.4 is 0 Å². The van der Waals surface area contributed by atoms with E-state index in [-0.39, 0.29) is 22.7 Å². The maximum atomic E-state index is 15.2. The Morgan fingerprint density at radius 1 is 0.833 bits per heavy atom. The molecule has 36 heavy (non-hydrogen) atoms. The first-order valence-electron chi connectivity index (χ1n) is 10.7. The average molecular weight is 496 g/mol. The number of halogens is 5. The number of aromatic nitrogens is 6. The Labute approximate surface area is 201 Å². The molecule has 2 aromatic carbocycles. The second-order valence-electron chi connectivity index (χ2n) is 8.23. The summed E-state index contributed by atoms with van der Waals surface area (Å²) < 4.78 is 71.1. The smallest absolute Gasteiger partial charge is 0.275 e. The van der Waals surface area contributed by atoms with Gasteiger partial charge in [-0.2, -0.15) is 18.3 Å². The summed E-state index contributed by atoms with van der Waals surface area (Å²) in [5, 5.41) is 4.16. The Morgan fingerprint density at radius 2 is 1.56 bits per heavy atom. The van der Waals surface area contributed by atoms with Gasteiger partial charge in [-0.3, -0.25) is 4.68 Å². The first kappa shape index (κ1) is 23.5. The summed E-state index contributed by atoms with van der Waals surface area (Å²) in [6.07, 6.45) is -1.75. The number of nitrogens with zero attached hydrogens (tertiary/aromatic N) is 6. The highest BCUT2D eigenvalue weighted by atomic mass is 19.4. The van der Waals surface area contributed by atoms with Crippen molar-refractivity contribution in [3.63, 3.8) is 0 Å². The molecule has 0 fully saturated rings. The Bertz CT molecular complexity index is 1640. The van der Waals surface area contributed by atoms with Gasteiger partial charge in [-0.1, -0.05) is 18.2 Å². The van der Waals surface area contributed by atoms with Crippen LogP contribution in [-0.2, 0) is 13.2 Å². The molecule has 0 atom stereocenters. The molecule has 182 valence electrons. The van der Waals surface area contributed by atoms with Gasteiger partial charge in [0.05, 0.1) is 17.6 Å². The van der Waals surface area contributed by atoms with E-state index in [0.29, 0.717) is 23.0 Å². The van der Waals surface area contributed by atoms with E-state index in [4.69, 9.17) is 0 Å². The van der Waals surface area contributed by atoms with Crippen molar-refractivity contribution >= 4 is 11.2 Å². The normalized spacial score (nSPS) is 11.9.